The molecule has 0 aliphatic rings. The second kappa shape index (κ2) is 8.21. The molecule has 1 amide bonds. The van der Waals surface area contributed by atoms with E-state index in [9.17, 15) is 14.4 Å². The van der Waals surface area contributed by atoms with Crippen LogP contribution in [0.4, 0.5) is 5.69 Å². The monoisotopic (exact) mass is 392 g/mol. The van der Waals surface area contributed by atoms with Crippen molar-refractivity contribution in [2.45, 2.75) is 0 Å². The predicted octanol–water partition coefficient (Wildman–Crippen LogP) is 2.43. The number of halogens is 1. The maximum atomic E-state index is 11.9. The van der Waals surface area contributed by atoms with Gasteiger partial charge in [-0.25, -0.2) is 9.59 Å². The molecule has 1 aromatic carbocycles. The van der Waals surface area contributed by atoms with Crippen molar-refractivity contribution in [3.8, 4) is 0 Å². The fourth-order valence-electron chi connectivity index (χ4n) is 1.80. The zero-order valence-corrected chi connectivity index (χ0v) is 14.2. The summed E-state index contributed by atoms with van der Waals surface area (Å²) in [6, 6.07) is 7.88. The number of hydrogen-bond acceptors (Lipinski definition) is 6. The highest BCUT2D eigenvalue weighted by Gasteiger charge is 2.15. The molecule has 0 saturated heterocycles. The summed E-state index contributed by atoms with van der Waals surface area (Å²) >= 11 is 3.19. The van der Waals surface area contributed by atoms with E-state index in [4.69, 9.17) is 4.74 Å². The van der Waals surface area contributed by atoms with Gasteiger partial charge in [-0.2, -0.15) is 0 Å². The number of nitrogens with one attached hydrogen (secondary N) is 1. The number of amides is 1. The lowest BCUT2D eigenvalue weighted by molar-refractivity contribution is -0.119. The molecule has 2 rings (SSSR count). The van der Waals surface area contributed by atoms with Gasteiger partial charge in [0, 0.05) is 16.9 Å². The van der Waals surface area contributed by atoms with Gasteiger partial charge in [0.25, 0.3) is 5.91 Å². The van der Waals surface area contributed by atoms with Crippen LogP contribution in [0.25, 0.3) is 0 Å². The third kappa shape index (κ3) is 4.63. The summed E-state index contributed by atoms with van der Waals surface area (Å²) in [5, 5.41) is 2.50. The summed E-state index contributed by atoms with van der Waals surface area (Å²) in [4.78, 5) is 39.2. The molecular formula is C16H13BrN2O5. The summed E-state index contributed by atoms with van der Waals surface area (Å²) in [5.74, 6) is -1.84. The van der Waals surface area contributed by atoms with Crippen molar-refractivity contribution in [3.63, 3.8) is 0 Å². The van der Waals surface area contributed by atoms with Crippen LogP contribution >= 0.6 is 15.9 Å². The number of rotatable bonds is 5. The van der Waals surface area contributed by atoms with Gasteiger partial charge in [-0.05, 0) is 34.1 Å². The lowest BCUT2D eigenvalue weighted by atomic mass is 10.2. The van der Waals surface area contributed by atoms with Gasteiger partial charge >= 0.3 is 11.9 Å². The average molecular weight is 393 g/mol. The molecule has 0 radical (unpaired) electrons. The van der Waals surface area contributed by atoms with E-state index in [0.717, 1.165) is 0 Å². The average Bonchev–Trinajstić information content (AvgIpc) is 2.59. The smallest absolute Gasteiger partial charge is 0.340 e. The van der Waals surface area contributed by atoms with Gasteiger partial charge in [-0.3, -0.25) is 9.78 Å². The van der Waals surface area contributed by atoms with Gasteiger partial charge in [0.05, 0.1) is 23.9 Å². The molecule has 0 fully saturated rings. The first-order chi connectivity index (χ1) is 11.5. The summed E-state index contributed by atoms with van der Waals surface area (Å²) in [6.07, 6.45) is 2.85. The van der Waals surface area contributed by atoms with Crippen molar-refractivity contribution < 1.29 is 23.9 Å². The largest absolute Gasteiger partial charge is 0.465 e. The minimum atomic E-state index is -0.680. The Labute approximate surface area is 146 Å². The first-order valence-electron chi connectivity index (χ1n) is 6.76. The zero-order chi connectivity index (χ0) is 17.5. The first kappa shape index (κ1) is 17.6. The van der Waals surface area contributed by atoms with Crippen LogP contribution in [0.2, 0.25) is 0 Å². The van der Waals surface area contributed by atoms with Crippen molar-refractivity contribution in [3.05, 3.63) is 58.3 Å². The predicted molar refractivity (Wildman–Crippen MR) is 88.6 cm³/mol. The number of esters is 2. The lowest BCUT2D eigenvalue weighted by Crippen LogP contribution is -2.22. The van der Waals surface area contributed by atoms with Gasteiger partial charge in [0.15, 0.2) is 6.61 Å². The maximum absolute atomic E-state index is 11.9. The van der Waals surface area contributed by atoms with Crippen LogP contribution in [0.1, 0.15) is 20.7 Å². The number of hydrogen-bond donors (Lipinski definition) is 1. The molecule has 7 nitrogen and oxygen atoms in total. The van der Waals surface area contributed by atoms with Gasteiger partial charge in [-0.1, -0.05) is 12.1 Å². The molecule has 1 heterocycles. The Bertz CT molecular complexity index is 779. The highest BCUT2D eigenvalue weighted by Crippen LogP contribution is 2.16. The quantitative estimate of drug-likeness (QED) is 0.785. The number of benzene rings is 1. The number of methoxy groups -OCH3 is 1. The Morgan fingerprint density at radius 1 is 1.17 bits per heavy atom. The Hall–Kier alpha value is -2.74. The number of anilines is 1. The third-order valence-electron chi connectivity index (χ3n) is 2.88. The summed E-state index contributed by atoms with van der Waals surface area (Å²) in [6.45, 7) is -0.499. The molecule has 0 aliphatic heterocycles. The zero-order valence-electron chi connectivity index (χ0n) is 12.6. The van der Waals surface area contributed by atoms with E-state index in [1.165, 1.54) is 31.6 Å². The normalized spacial score (nSPS) is 9.92. The van der Waals surface area contributed by atoms with E-state index in [0.29, 0.717) is 4.47 Å². The van der Waals surface area contributed by atoms with E-state index in [1.807, 2.05) is 0 Å². The number of para-hydroxylation sites is 1. The molecule has 1 N–H and O–H groups in total. The van der Waals surface area contributed by atoms with Crippen LogP contribution < -0.4 is 5.32 Å². The van der Waals surface area contributed by atoms with E-state index in [1.54, 1.807) is 18.2 Å². The SMILES string of the molecule is COC(=O)c1ccccc1NC(=O)COC(=O)c1cncc(Br)c1. The molecule has 0 saturated carbocycles. The standard InChI is InChI=1S/C16H13BrN2O5/c1-23-16(22)12-4-2-3-5-13(12)19-14(20)9-24-15(21)10-6-11(17)8-18-7-10/h2-8H,9H2,1H3,(H,19,20). The molecule has 2 aromatic rings. The van der Waals surface area contributed by atoms with Gasteiger partial charge in [-0.15, -0.1) is 0 Å². The van der Waals surface area contributed by atoms with Crippen LogP contribution in [0.5, 0.6) is 0 Å². The number of carbonyl (C=O) groups excluding carboxylic acids is 3. The van der Waals surface area contributed by atoms with Gasteiger partial charge in [0.1, 0.15) is 0 Å². The van der Waals surface area contributed by atoms with Crippen molar-refractivity contribution in [1.29, 1.82) is 0 Å². The van der Waals surface area contributed by atoms with Crippen LogP contribution in [0.15, 0.2) is 47.2 Å². The second-order valence-electron chi connectivity index (χ2n) is 4.55. The fourth-order valence-corrected chi connectivity index (χ4v) is 2.17. The molecular weight excluding hydrogens is 380 g/mol. The lowest BCUT2D eigenvalue weighted by Gasteiger charge is -2.10. The van der Waals surface area contributed by atoms with E-state index in [2.05, 4.69) is 31.0 Å². The van der Waals surface area contributed by atoms with E-state index < -0.39 is 24.5 Å². The highest BCUT2D eigenvalue weighted by molar-refractivity contribution is 9.10. The number of ether oxygens (including phenoxy) is 2. The topological polar surface area (TPSA) is 94.6 Å². The number of pyridine rings is 1. The first-order valence-corrected chi connectivity index (χ1v) is 7.55. The molecule has 0 atom stereocenters. The van der Waals surface area contributed by atoms with Crippen molar-refractivity contribution >= 4 is 39.5 Å². The molecule has 8 heteroatoms. The Morgan fingerprint density at radius 3 is 2.62 bits per heavy atom. The molecule has 0 spiro atoms. The molecule has 0 aliphatic carbocycles. The number of aromatic nitrogens is 1. The van der Waals surface area contributed by atoms with Crippen LogP contribution in [0, 0.1) is 0 Å². The van der Waals surface area contributed by atoms with Crippen molar-refractivity contribution in [1.82, 2.24) is 4.98 Å². The minimum absolute atomic E-state index is 0.205. The van der Waals surface area contributed by atoms with Crippen LogP contribution in [-0.2, 0) is 14.3 Å². The minimum Gasteiger partial charge on any atom is -0.465 e. The fraction of sp³-hybridized carbons (Fsp3) is 0.125. The molecule has 24 heavy (non-hydrogen) atoms. The van der Waals surface area contributed by atoms with Crippen LogP contribution in [-0.4, -0.2) is 36.5 Å². The molecule has 0 unspecified atom stereocenters. The van der Waals surface area contributed by atoms with Gasteiger partial charge < -0.3 is 14.8 Å². The Kier molecular flexibility index (Phi) is 6.02. The van der Waals surface area contributed by atoms with E-state index >= 15 is 0 Å². The summed E-state index contributed by atoms with van der Waals surface area (Å²) in [5.41, 5.74) is 0.692. The Balaban J connectivity index is 1.97. The maximum Gasteiger partial charge on any atom is 0.340 e. The van der Waals surface area contributed by atoms with Crippen LogP contribution in [0.3, 0.4) is 0 Å². The van der Waals surface area contributed by atoms with Gasteiger partial charge in [0.2, 0.25) is 0 Å². The molecule has 124 valence electrons. The van der Waals surface area contributed by atoms with Crippen molar-refractivity contribution in [2.75, 3.05) is 19.0 Å². The summed E-state index contributed by atoms with van der Waals surface area (Å²) < 4.78 is 10.2. The molecule has 1 aromatic heterocycles. The molecule has 0 bridgehead atoms. The Morgan fingerprint density at radius 2 is 1.92 bits per heavy atom. The highest BCUT2D eigenvalue weighted by atomic mass is 79.9. The number of nitrogens with zero attached hydrogens (tertiary/aromatic N) is 1. The van der Waals surface area contributed by atoms with Crippen molar-refractivity contribution in [2.24, 2.45) is 0 Å². The summed E-state index contributed by atoms with van der Waals surface area (Å²) in [7, 11) is 1.24. The second-order valence-corrected chi connectivity index (χ2v) is 5.47. The third-order valence-corrected chi connectivity index (χ3v) is 3.32. The van der Waals surface area contributed by atoms with E-state index in [-0.39, 0.29) is 16.8 Å². The number of carbonyl (C=O) groups is 3.